The maximum Gasteiger partial charge on any atom is 0.312 e. The van der Waals surface area contributed by atoms with Gasteiger partial charge in [-0.25, -0.2) is 0 Å². The normalized spacial score (nSPS) is 25.3. The average Bonchev–Trinajstić information content (AvgIpc) is 2.93. The Morgan fingerprint density at radius 1 is 1.32 bits per heavy atom. The number of hydrogen-bond acceptors (Lipinski definition) is 5. The van der Waals surface area contributed by atoms with Gasteiger partial charge in [0, 0.05) is 23.6 Å². The summed E-state index contributed by atoms with van der Waals surface area (Å²) in [4.78, 5) is 24.8. The molecule has 3 rings (SSSR count). The Bertz CT molecular complexity index is 819. The second-order valence-corrected chi connectivity index (χ2v) is 6.49. The van der Waals surface area contributed by atoms with Gasteiger partial charge in [-0.3, -0.25) is 14.7 Å². The van der Waals surface area contributed by atoms with E-state index >= 15 is 0 Å². The molecule has 0 radical (unpaired) electrons. The number of esters is 1. The molecule has 3 atom stereocenters. The van der Waals surface area contributed by atoms with Crippen molar-refractivity contribution in [2.24, 2.45) is 5.92 Å². The third kappa shape index (κ3) is 2.95. The van der Waals surface area contributed by atoms with E-state index in [4.69, 9.17) is 9.47 Å². The molecule has 0 fully saturated rings. The number of nitrogens with one attached hydrogen (secondary N) is 2. The van der Waals surface area contributed by atoms with Crippen molar-refractivity contribution < 1.29 is 19.4 Å². The van der Waals surface area contributed by atoms with Crippen molar-refractivity contribution in [1.82, 2.24) is 10.2 Å². The molecule has 1 heterocycles. The summed E-state index contributed by atoms with van der Waals surface area (Å²) in [6.07, 6.45) is 0.161. The highest BCUT2D eigenvalue weighted by Crippen LogP contribution is 2.44. The van der Waals surface area contributed by atoms with Crippen LogP contribution >= 0.6 is 0 Å². The molecular formula is C18H22N2O5. The van der Waals surface area contributed by atoms with Crippen molar-refractivity contribution in [3.05, 3.63) is 51.4 Å². The van der Waals surface area contributed by atoms with Crippen LogP contribution in [0, 0.1) is 5.92 Å². The van der Waals surface area contributed by atoms with Crippen LogP contribution < -0.4 is 10.3 Å². The third-order valence-electron chi connectivity index (χ3n) is 4.75. The number of carbonyl (C=O) groups excluding carboxylic acids is 1. The van der Waals surface area contributed by atoms with Gasteiger partial charge in [0.25, 0.3) is 5.56 Å². The van der Waals surface area contributed by atoms with E-state index in [1.807, 2.05) is 19.1 Å². The predicted molar refractivity (Wildman–Crippen MR) is 90.7 cm³/mol. The second-order valence-electron chi connectivity index (χ2n) is 6.49. The Morgan fingerprint density at radius 3 is 2.60 bits per heavy atom. The van der Waals surface area contributed by atoms with Crippen molar-refractivity contribution in [1.29, 1.82) is 0 Å². The molecule has 7 nitrogen and oxygen atoms in total. The van der Waals surface area contributed by atoms with Gasteiger partial charge in [0.15, 0.2) is 0 Å². The van der Waals surface area contributed by atoms with E-state index < -0.39 is 23.4 Å². The molecule has 0 unspecified atom stereocenters. The molecule has 1 aromatic heterocycles. The van der Waals surface area contributed by atoms with Crippen LogP contribution in [0.1, 0.15) is 36.6 Å². The summed E-state index contributed by atoms with van der Waals surface area (Å²) in [5.74, 6) is -1.35. The lowest BCUT2D eigenvalue weighted by Crippen LogP contribution is -2.49. The zero-order chi connectivity index (χ0) is 18.2. The highest BCUT2D eigenvalue weighted by molar-refractivity contribution is 5.77. The van der Waals surface area contributed by atoms with Crippen LogP contribution in [0.4, 0.5) is 0 Å². The fourth-order valence-electron chi connectivity index (χ4n) is 3.68. The largest absolute Gasteiger partial charge is 0.494 e. The summed E-state index contributed by atoms with van der Waals surface area (Å²) in [6.45, 7) is 4.03. The first-order valence-electron chi connectivity index (χ1n) is 8.21. The summed E-state index contributed by atoms with van der Waals surface area (Å²) >= 11 is 0. The van der Waals surface area contributed by atoms with Gasteiger partial charge in [0.2, 0.25) is 0 Å². The Kier molecular flexibility index (Phi) is 4.43. The number of aromatic nitrogens is 2. The van der Waals surface area contributed by atoms with Crippen LogP contribution in [0.2, 0.25) is 0 Å². The van der Waals surface area contributed by atoms with E-state index in [1.54, 1.807) is 19.1 Å². The third-order valence-corrected chi connectivity index (χ3v) is 4.75. The minimum absolute atomic E-state index is 0.161. The molecular weight excluding hydrogens is 324 g/mol. The summed E-state index contributed by atoms with van der Waals surface area (Å²) in [5.41, 5.74) is 0.165. The molecule has 1 aliphatic carbocycles. The van der Waals surface area contributed by atoms with Crippen LogP contribution in [0.3, 0.4) is 0 Å². The number of ether oxygens (including phenoxy) is 2. The molecule has 1 aromatic carbocycles. The first-order valence-corrected chi connectivity index (χ1v) is 8.21. The Morgan fingerprint density at radius 2 is 2.00 bits per heavy atom. The fraction of sp³-hybridized carbons (Fsp3) is 0.444. The smallest absolute Gasteiger partial charge is 0.312 e. The van der Waals surface area contributed by atoms with Crippen molar-refractivity contribution in [3.63, 3.8) is 0 Å². The molecule has 3 N–H and O–H groups in total. The van der Waals surface area contributed by atoms with Gasteiger partial charge in [0.1, 0.15) is 5.75 Å². The fourth-order valence-corrected chi connectivity index (χ4v) is 3.68. The number of aliphatic hydroxyl groups is 1. The lowest BCUT2D eigenvalue weighted by molar-refractivity contribution is -0.156. The highest BCUT2D eigenvalue weighted by atomic mass is 16.5. The van der Waals surface area contributed by atoms with Gasteiger partial charge in [-0.05, 0) is 31.5 Å². The van der Waals surface area contributed by atoms with E-state index in [9.17, 15) is 14.7 Å². The first kappa shape index (κ1) is 17.3. The Labute approximate surface area is 145 Å². The lowest BCUT2D eigenvalue weighted by Gasteiger charge is -2.40. The van der Waals surface area contributed by atoms with Gasteiger partial charge in [-0.1, -0.05) is 12.1 Å². The zero-order valence-corrected chi connectivity index (χ0v) is 14.5. The molecule has 7 heteroatoms. The average molecular weight is 346 g/mol. The SMILES string of the molecule is CCOc1ccc([C@@H]2c3c([nH][nH]c3=O)C[C@@](C)(O)[C@@H]2C(=O)OC)cc1. The molecule has 0 bridgehead atoms. The van der Waals surface area contributed by atoms with Gasteiger partial charge in [-0.2, -0.15) is 0 Å². The number of benzene rings is 1. The maximum absolute atomic E-state index is 12.4. The van der Waals surface area contributed by atoms with Crippen molar-refractivity contribution >= 4 is 5.97 Å². The van der Waals surface area contributed by atoms with E-state index in [0.717, 1.165) is 5.56 Å². The molecule has 2 aromatic rings. The highest BCUT2D eigenvalue weighted by Gasteiger charge is 2.51. The number of aromatic amines is 2. The predicted octanol–water partition coefficient (Wildman–Crippen LogP) is 1.33. The number of carbonyl (C=O) groups is 1. The van der Waals surface area contributed by atoms with Gasteiger partial charge < -0.3 is 19.7 Å². The van der Waals surface area contributed by atoms with Gasteiger partial charge in [-0.15, -0.1) is 0 Å². The van der Waals surface area contributed by atoms with Crippen molar-refractivity contribution in [2.75, 3.05) is 13.7 Å². The molecule has 0 spiro atoms. The number of fused-ring (bicyclic) bond motifs is 1. The monoisotopic (exact) mass is 346 g/mol. The Hall–Kier alpha value is -2.54. The zero-order valence-electron chi connectivity index (χ0n) is 14.5. The molecule has 0 aliphatic heterocycles. The van der Waals surface area contributed by atoms with Gasteiger partial charge in [0.05, 0.1) is 25.2 Å². The van der Waals surface area contributed by atoms with Crippen LogP contribution in [0.15, 0.2) is 29.1 Å². The molecule has 0 saturated carbocycles. The summed E-state index contributed by atoms with van der Waals surface area (Å²) in [6, 6.07) is 7.19. The number of hydrogen-bond donors (Lipinski definition) is 3. The molecule has 0 saturated heterocycles. The lowest BCUT2D eigenvalue weighted by atomic mass is 9.66. The van der Waals surface area contributed by atoms with Crippen LogP contribution in [0.25, 0.3) is 0 Å². The molecule has 25 heavy (non-hydrogen) atoms. The van der Waals surface area contributed by atoms with Gasteiger partial charge >= 0.3 is 5.97 Å². The van der Waals surface area contributed by atoms with Crippen molar-refractivity contribution in [3.8, 4) is 5.75 Å². The number of rotatable bonds is 4. The molecule has 1 aliphatic rings. The Balaban J connectivity index is 2.15. The topological polar surface area (TPSA) is 104 Å². The quantitative estimate of drug-likeness (QED) is 0.725. The minimum atomic E-state index is -1.35. The van der Waals surface area contributed by atoms with Crippen molar-refractivity contribution in [2.45, 2.75) is 31.8 Å². The maximum atomic E-state index is 12.4. The van der Waals surface area contributed by atoms with E-state index in [0.29, 0.717) is 23.6 Å². The van der Waals surface area contributed by atoms with E-state index in [1.165, 1.54) is 7.11 Å². The summed E-state index contributed by atoms with van der Waals surface area (Å²) < 4.78 is 10.4. The van der Waals surface area contributed by atoms with Crippen LogP contribution in [-0.4, -0.2) is 40.6 Å². The summed E-state index contributed by atoms with van der Waals surface area (Å²) in [5, 5.41) is 16.3. The van der Waals surface area contributed by atoms with E-state index in [-0.39, 0.29) is 12.0 Å². The number of methoxy groups -OCH3 is 1. The molecule has 134 valence electrons. The second kappa shape index (κ2) is 6.40. The minimum Gasteiger partial charge on any atom is -0.494 e. The first-order chi connectivity index (χ1) is 11.9. The number of H-pyrrole nitrogens is 2. The van der Waals surface area contributed by atoms with E-state index in [2.05, 4.69) is 10.2 Å². The van der Waals surface area contributed by atoms with Crippen LogP contribution in [0.5, 0.6) is 5.75 Å². The molecule has 0 amide bonds. The standard InChI is InChI=1S/C18H22N2O5/c1-4-25-11-7-5-10(6-8-11)13-14-12(19-20-16(14)21)9-18(2,23)15(13)17(22)24-3/h5-8,13,15,23H,4,9H2,1-3H3,(H2,19,20,21)/t13-,15+,18-/m1/s1. The van der Waals surface area contributed by atoms with Crippen LogP contribution in [-0.2, 0) is 16.0 Å². The summed E-state index contributed by atoms with van der Waals surface area (Å²) in [7, 11) is 1.28.